The van der Waals surface area contributed by atoms with Crippen LogP contribution in [0.15, 0.2) is 59.2 Å². The average molecular weight is 279 g/mol. The molecule has 1 N–H and O–H groups in total. The number of fused-ring (bicyclic) bond motifs is 1. The highest BCUT2D eigenvalue weighted by Crippen LogP contribution is 2.24. The minimum atomic E-state index is -0.182. The van der Waals surface area contributed by atoms with E-state index in [0.717, 1.165) is 16.5 Å². The molecule has 3 aromatic rings. The summed E-state index contributed by atoms with van der Waals surface area (Å²) in [5.74, 6) is 0.194. The molecule has 3 nitrogen and oxygen atoms in total. The van der Waals surface area contributed by atoms with E-state index in [1.54, 1.807) is 6.07 Å². The minimum absolute atomic E-state index is 0.0897. The Hall–Kier alpha value is -2.55. The molecule has 0 saturated heterocycles. The normalized spacial score (nSPS) is 12.3. The molecule has 0 spiro atoms. The Labute approximate surface area is 123 Å². The number of nitrogens with one attached hydrogen (secondary N) is 1. The zero-order valence-corrected chi connectivity index (χ0v) is 12.1. The fraction of sp³-hybridized carbons (Fsp3) is 0.167. The van der Waals surface area contributed by atoms with Crippen molar-refractivity contribution in [2.75, 3.05) is 0 Å². The monoisotopic (exact) mass is 279 g/mol. The summed E-state index contributed by atoms with van der Waals surface area (Å²) in [6, 6.07) is 16.0. The summed E-state index contributed by atoms with van der Waals surface area (Å²) >= 11 is 0. The Morgan fingerprint density at radius 3 is 2.62 bits per heavy atom. The molecule has 0 radical (unpaired) electrons. The number of carbonyl (C=O) groups excluding carboxylic acids is 1. The van der Waals surface area contributed by atoms with Crippen LogP contribution in [0.2, 0.25) is 0 Å². The van der Waals surface area contributed by atoms with Gasteiger partial charge in [-0.25, -0.2) is 0 Å². The Morgan fingerprint density at radius 2 is 1.86 bits per heavy atom. The van der Waals surface area contributed by atoms with Crippen molar-refractivity contribution < 1.29 is 9.21 Å². The van der Waals surface area contributed by atoms with E-state index in [2.05, 4.69) is 23.5 Å². The largest absolute Gasteiger partial charge is 0.459 e. The molecule has 0 bridgehead atoms. The molecule has 3 heteroatoms. The van der Waals surface area contributed by atoms with Gasteiger partial charge in [-0.3, -0.25) is 4.79 Å². The maximum atomic E-state index is 12.2. The number of aryl methyl sites for hydroxylation is 1. The highest BCUT2D eigenvalue weighted by Gasteiger charge is 2.17. The van der Waals surface area contributed by atoms with E-state index in [1.165, 1.54) is 11.6 Å². The number of benzene rings is 2. The lowest BCUT2D eigenvalue weighted by Crippen LogP contribution is -2.26. The summed E-state index contributed by atoms with van der Waals surface area (Å²) in [6.07, 6.45) is 1.53. The van der Waals surface area contributed by atoms with Crippen molar-refractivity contribution in [2.24, 2.45) is 0 Å². The van der Waals surface area contributed by atoms with Gasteiger partial charge in [-0.2, -0.15) is 0 Å². The lowest BCUT2D eigenvalue weighted by atomic mass is 9.99. The van der Waals surface area contributed by atoms with Crippen LogP contribution in [0.25, 0.3) is 10.8 Å². The van der Waals surface area contributed by atoms with E-state index >= 15 is 0 Å². The molecule has 0 fully saturated rings. The third-order valence-corrected chi connectivity index (χ3v) is 3.71. The number of carbonyl (C=O) groups is 1. The van der Waals surface area contributed by atoms with Gasteiger partial charge in [0.25, 0.3) is 5.91 Å². The van der Waals surface area contributed by atoms with Crippen LogP contribution < -0.4 is 5.32 Å². The van der Waals surface area contributed by atoms with Crippen molar-refractivity contribution in [1.29, 1.82) is 0 Å². The summed E-state index contributed by atoms with van der Waals surface area (Å²) < 4.78 is 5.24. The first-order valence-electron chi connectivity index (χ1n) is 6.99. The van der Waals surface area contributed by atoms with E-state index in [0.29, 0.717) is 5.76 Å². The predicted octanol–water partition coefficient (Wildman–Crippen LogP) is 4.23. The topological polar surface area (TPSA) is 42.2 Å². The molecule has 1 atom stereocenters. The zero-order chi connectivity index (χ0) is 14.8. The van der Waals surface area contributed by atoms with Gasteiger partial charge in [0, 0.05) is 5.56 Å². The third-order valence-electron chi connectivity index (χ3n) is 3.71. The molecule has 2 aromatic carbocycles. The molecule has 0 aliphatic heterocycles. The molecular weight excluding hydrogens is 262 g/mol. The maximum Gasteiger partial charge on any atom is 0.287 e. The Kier molecular flexibility index (Phi) is 3.48. The van der Waals surface area contributed by atoms with Crippen molar-refractivity contribution in [3.05, 3.63) is 71.7 Å². The van der Waals surface area contributed by atoms with Gasteiger partial charge in [0.2, 0.25) is 0 Å². The van der Waals surface area contributed by atoms with E-state index in [-0.39, 0.29) is 11.9 Å². The highest BCUT2D eigenvalue weighted by molar-refractivity contribution is 5.93. The van der Waals surface area contributed by atoms with Crippen molar-refractivity contribution >= 4 is 16.7 Å². The summed E-state index contributed by atoms with van der Waals surface area (Å²) in [5.41, 5.74) is 1.95. The summed E-state index contributed by atoms with van der Waals surface area (Å²) in [4.78, 5) is 12.2. The molecule has 1 amide bonds. The first kappa shape index (κ1) is 13.4. The third kappa shape index (κ3) is 2.55. The van der Waals surface area contributed by atoms with E-state index in [9.17, 15) is 4.79 Å². The van der Waals surface area contributed by atoms with Gasteiger partial charge in [0.05, 0.1) is 12.3 Å². The first-order valence-corrected chi connectivity index (χ1v) is 6.99. The quantitative estimate of drug-likeness (QED) is 0.779. The van der Waals surface area contributed by atoms with E-state index in [1.807, 2.05) is 38.1 Å². The molecule has 1 unspecified atom stereocenters. The van der Waals surface area contributed by atoms with Gasteiger partial charge >= 0.3 is 0 Å². The van der Waals surface area contributed by atoms with Crippen LogP contribution in [0, 0.1) is 6.92 Å². The van der Waals surface area contributed by atoms with Gasteiger partial charge in [-0.1, -0.05) is 42.5 Å². The molecule has 21 heavy (non-hydrogen) atoms. The lowest BCUT2D eigenvalue weighted by molar-refractivity contribution is 0.0911. The van der Waals surface area contributed by atoms with Gasteiger partial charge in [-0.15, -0.1) is 0 Å². The number of furan rings is 1. The van der Waals surface area contributed by atoms with E-state index < -0.39 is 0 Å². The summed E-state index contributed by atoms with van der Waals surface area (Å²) in [7, 11) is 0. The van der Waals surface area contributed by atoms with Gasteiger partial charge in [0.1, 0.15) is 0 Å². The molecule has 0 aliphatic rings. The van der Waals surface area contributed by atoms with Crippen LogP contribution in [0.1, 0.15) is 34.6 Å². The van der Waals surface area contributed by atoms with Crippen molar-refractivity contribution in [1.82, 2.24) is 5.32 Å². The van der Waals surface area contributed by atoms with Gasteiger partial charge < -0.3 is 9.73 Å². The highest BCUT2D eigenvalue weighted by atomic mass is 16.3. The first-order chi connectivity index (χ1) is 10.2. The SMILES string of the molecule is Cc1ccoc1C(=O)NC(C)c1cccc2ccccc12. The van der Waals surface area contributed by atoms with Gasteiger partial charge in [-0.05, 0) is 36.2 Å². The molecule has 0 aliphatic carbocycles. The number of rotatable bonds is 3. The second kappa shape index (κ2) is 5.44. The van der Waals surface area contributed by atoms with Crippen LogP contribution in [0.3, 0.4) is 0 Å². The molecule has 1 aromatic heterocycles. The van der Waals surface area contributed by atoms with Crippen molar-refractivity contribution in [2.45, 2.75) is 19.9 Å². The van der Waals surface area contributed by atoms with Crippen LogP contribution in [-0.4, -0.2) is 5.91 Å². The molecule has 1 heterocycles. The second-order valence-electron chi connectivity index (χ2n) is 5.20. The minimum Gasteiger partial charge on any atom is -0.459 e. The fourth-order valence-corrected chi connectivity index (χ4v) is 2.57. The Morgan fingerprint density at radius 1 is 1.10 bits per heavy atom. The van der Waals surface area contributed by atoms with E-state index in [4.69, 9.17) is 4.42 Å². The fourth-order valence-electron chi connectivity index (χ4n) is 2.57. The lowest BCUT2D eigenvalue weighted by Gasteiger charge is -2.16. The van der Waals surface area contributed by atoms with Crippen LogP contribution in [0.5, 0.6) is 0 Å². The van der Waals surface area contributed by atoms with Crippen LogP contribution in [0.4, 0.5) is 0 Å². The second-order valence-corrected chi connectivity index (χ2v) is 5.20. The smallest absolute Gasteiger partial charge is 0.287 e. The van der Waals surface area contributed by atoms with Crippen molar-refractivity contribution in [3.63, 3.8) is 0 Å². The standard InChI is InChI=1S/C18H17NO2/c1-12-10-11-21-17(12)18(20)19-13(2)15-9-5-7-14-6-3-4-8-16(14)15/h3-11,13H,1-2H3,(H,19,20). The Bertz CT molecular complexity index is 783. The number of amides is 1. The average Bonchev–Trinajstić information content (AvgIpc) is 2.92. The van der Waals surface area contributed by atoms with Crippen LogP contribution >= 0.6 is 0 Å². The summed E-state index contributed by atoms with van der Waals surface area (Å²) in [6.45, 7) is 3.85. The van der Waals surface area contributed by atoms with Crippen molar-refractivity contribution in [3.8, 4) is 0 Å². The van der Waals surface area contributed by atoms with Gasteiger partial charge in [0.15, 0.2) is 5.76 Å². The molecule has 3 rings (SSSR count). The van der Waals surface area contributed by atoms with Crippen LogP contribution in [-0.2, 0) is 0 Å². The maximum absolute atomic E-state index is 12.2. The summed E-state index contributed by atoms with van der Waals surface area (Å²) in [5, 5.41) is 5.33. The number of hydrogen-bond donors (Lipinski definition) is 1. The molecular formula is C18H17NO2. The molecule has 0 saturated carbocycles. The predicted molar refractivity (Wildman–Crippen MR) is 83.3 cm³/mol. The number of hydrogen-bond acceptors (Lipinski definition) is 2. The molecule has 106 valence electrons. The Balaban J connectivity index is 1.89. The zero-order valence-electron chi connectivity index (χ0n) is 12.1.